The van der Waals surface area contributed by atoms with Gasteiger partial charge in [0.1, 0.15) is 17.2 Å². The molecule has 1 saturated carbocycles. The molecule has 3 aromatic carbocycles. The summed E-state index contributed by atoms with van der Waals surface area (Å²) in [5.74, 6) is 0.683. The predicted octanol–water partition coefficient (Wildman–Crippen LogP) is 5.41. The number of carbonyl (C=O) groups is 1. The van der Waals surface area contributed by atoms with Crippen LogP contribution < -0.4 is 10.1 Å². The third-order valence-corrected chi connectivity index (χ3v) is 8.82. The lowest BCUT2D eigenvalue weighted by molar-refractivity contribution is 0.0944. The Morgan fingerprint density at radius 1 is 1.07 bits per heavy atom. The number of fused-ring (bicyclic) bond motifs is 5. The number of aromatic nitrogens is 4. The summed E-state index contributed by atoms with van der Waals surface area (Å²) in [5.41, 5.74) is 4.52. The summed E-state index contributed by atoms with van der Waals surface area (Å²) in [6, 6.07) is 15.4. The van der Waals surface area contributed by atoms with Gasteiger partial charge in [0.05, 0.1) is 22.8 Å². The molecule has 9 nitrogen and oxygen atoms in total. The lowest BCUT2D eigenvalue weighted by atomic mass is 9.88. The quantitative estimate of drug-likeness (QED) is 0.185. The van der Waals surface area contributed by atoms with E-state index in [9.17, 15) is 15.0 Å². The molecule has 10 heteroatoms. The van der Waals surface area contributed by atoms with E-state index < -0.39 is 5.91 Å². The largest absolute Gasteiger partial charge is 0.507 e. The number of phenols is 2. The molecule has 2 aliphatic rings. The Bertz CT molecular complexity index is 1570. The minimum Gasteiger partial charge on any atom is -0.507 e. The summed E-state index contributed by atoms with van der Waals surface area (Å²) in [6.45, 7) is 4.83. The first-order valence-corrected chi connectivity index (χ1v) is 14.4. The van der Waals surface area contributed by atoms with Crippen molar-refractivity contribution in [2.24, 2.45) is 0 Å². The van der Waals surface area contributed by atoms with Gasteiger partial charge in [0.15, 0.2) is 0 Å². The van der Waals surface area contributed by atoms with Gasteiger partial charge in [0.2, 0.25) is 5.16 Å². The Morgan fingerprint density at radius 3 is 2.58 bits per heavy atom. The van der Waals surface area contributed by atoms with Gasteiger partial charge in [-0.3, -0.25) is 4.79 Å². The maximum atomic E-state index is 13.6. The zero-order valence-corrected chi connectivity index (χ0v) is 23.2. The Kier molecular flexibility index (Phi) is 7.10. The van der Waals surface area contributed by atoms with Gasteiger partial charge in [-0.2, -0.15) is 4.68 Å². The summed E-state index contributed by atoms with van der Waals surface area (Å²) < 4.78 is 7.44. The monoisotopic (exact) mass is 557 g/mol. The fourth-order valence-corrected chi connectivity index (χ4v) is 6.94. The van der Waals surface area contributed by atoms with Crippen LogP contribution in [0.2, 0.25) is 0 Å². The smallest absolute Gasteiger partial charge is 0.256 e. The second kappa shape index (κ2) is 10.8. The van der Waals surface area contributed by atoms with Gasteiger partial charge in [-0.15, -0.1) is 5.10 Å². The Hall–Kier alpha value is -4.05. The van der Waals surface area contributed by atoms with Gasteiger partial charge in [0, 0.05) is 17.7 Å². The third-order valence-electron chi connectivity index (χ3n) is 7.79. The highest BCUT2D eigenvalue weighted by atomic mass is 32.2. The topological polar surface area (TPSA) is 122 Å². The second-order valence-electron chi connectivity index (χ2n) is 10.5. The van der Waals surface area contributed by atoms with Crippen LogP contribution in [-0.2, 0) is 0 Å². The van der Waals surface area contributed by atoms with Crippen LogP contribution in [0.1, 0.15) is 70.1 Å². The molecular weight excluding hydrogens is 526 g/mol. The van der Waals surface area contributed by atoms with Crippen LogP contribution in [-0.4, -0.2) is 49.5 Å². The molecule has 0 spiro atoms. The number of amides is 1. The summed E-state index contributed by atoms with van der Waals surface area (Å²) in [5, 5.41) is 38.3. The summed E-state index contributed by atoms with van der Waals surface area (Å²) in [7, 11) is 0. The number of phenolic OH excluding ortho intramolecular Hbond substituents is 2. The second-order valence-corrected chi connectivity index (χ2v) is 11.5. The lowest BCUT2D eigenvalue weighted by Gasteiger charge is -2.23. The number of rotatable bonds is 9. The maximum absolute atomic E-state index is 13.6. The molecule has 0 radical (unpaired) electrons. The first-order valence-electron chi connectivity index (χ1n) is 13.5. The average molecular weight is 558 g/mol. The van der Waals surface area contributed by atoms with Crippen LogP contribution >= 0.6 is 11.8 Å². The number of carbonyl (C=O) groups excluding carboxylic acids is 1. The number of nitrogens with zero attached hydrogens (tertiary/aromatic N) is 4. The Labute approximate surface area is 236 Å². The van der Waals surface area contributed by atoms with Crippen molar-refractivity contribution in [3.8, 4) is 22.9 Å². The molecule has 0 aliphatic heterocycles. The maximum Gasteiger partial charge on any atom is 0.256 e. The van der Waals surface area contributed by atoms with E-state index in [2.05, 4.69) is 26.9 Å². The molecule has 4 aromatic rings. The summed E-state index contributed by atoms with van der Waals surface area (Å²) in [6.07, 6.45) is 3.36. The summed E-state index contributed by atoms with van der Waals surface area (Å²) >= 11 is 1.08. The molecule has 2 aliphatic carbocycles. The van der Waals surface area contributed by atoms with Crippen molar-refractivity contribution in [3.05, 3.63) is 76.3 Å². The van der Waals surface area contributed by atoms with E-state index in [1.54, 1.807) is 4.68 Å². The van der Waals surface area contributed by atoms with Crippen LogP contribution in [0.5, 0.6) is 17.2 Å². The molecule has 3 N–H and O–H groups in total. The SMILES string of the molecule is Cc1ccc(OCCCNC(=O)c2c(O)c3c(c(O)c2Sc2nnnn2-c2ccccc2)C2CCC3C2)c(C)c1. The van der Waals surface area contributed by atoms with E-state index in [1.807, 2.05) is 56.3 Å². The van der Waals surface area contributed by atoms with E-state index in [0.717, 1.165) is 53.6 Å². The number of tetrazole rings is 1. The zero-order valence-electron chi connectivity index (χ0n) is 22.4. The van der Waals surface area contributed by atoms with E-state index in [1.165, 1.54) is 5.56 Å². The van der Waals surface area contributed by atoms with Crippen molar-refractivity contribution in [1.29, 1.82) is 0 Å². The van der Waals surface area contributed by atoms with Crippen molar-refractivity contribution in [1.82, 2.24) is 25.5 Å². The van der Waals surface area contributed by atoms with Crippen LogP contribution in [0.25, 0.3) is 5.69 Å². The molecule has 1 fully saturated rings. The van der Waals surface area contributed by atoms with E-state index >= 15 is 0 Å². The van der Waals surface area contributed by atoms with Crippen molar-refractivity contribution < 1.29 is 19.7 Å². The molecule has 206 valence electrons. The summed E-state index contributed by atoms with van der Waals surface area (Å²) in [4.78, 5) is 13.8. The molecule has 2 atom stereocenters. The molecule has 2 unspecified atom stereocenters. The average Bonchev–Trinajstić information content (AvgIpc) is 3.70. The van der Waals surface area contributed by atoms with Crippen LogP contribution in [0.3, 0.4) is 0 Å². The number of aryl methyl sites for hydroxylation is 2. The van der Waals surface area contributed by atoms with Crippen LogP contribution in [0.15, 0.2) is 58.6 Å². The zero-order chi connectivity index (χ0) is 27.8. The van der Waals surface area contributed by atoms with Gasteiger partial charge >= 0.3 is 0 Å². The molecule has 1 amide bonds. The number of nitrogens with one attached hydrogen (secondary N) is 1. The standard InChI is InChI=1S/C30H31N5O4S/c1-17-9-12-22(18(2)15-17)39-14-6-13-31-29(38)25-26(36)23-19-10-11-20(16-19)24(23)27(37)28(25)40-30-32-33-34-35(30)21-7-4-3-5-8-21/h3-5,7-9,12,15,19-20,36-37H,6,10-11,13-14,16H2,1-2H3,(H,31,38). The number of hydrogen-bond acceptors (Lipinski definition) is 8. The fourth-order valence-electron chi connectivity index (χ4n) is 5.95. The first kappa shape index (κ1) is 26.2. The molecule has 6 rings (SSSR count). The van der Waals surface area contributed by atoms with Crippen LogP contribution in [0, 0.1) is 13.8 Å². The van der Waals surface area contributed by atoms with Gasteiger partial charge in [-0.1, -0.05) is 35.9 Å². The molecule has 1 aromatic heterocycles. The van der Waals surface area contributed by atoms with Crippen molar-refractivity contribution in [2.75, 3.05) is 13.2 Å². The van der Waals surface area contributed by atoms with E-state index in [0.29, 0.717) is 30.3 Å². The normalized spacial score (nSPS) is 17.1. The minimum absolute atomic E-state index is 0.0379. The number of benzene rings is 3. The minimum atomic E-state index is -0.453. The Balaban J connectivity index is 1.25. The fraction of sp³-hybridized carbons (Fsp3) is 0.333. The molecule has 2 bridgehead atoms. The Morgan fingerprint density at radius 2 is 1.82 bits per heavy atom. The van der Waals surface area contributed by atoms with Crippen molar-refractivity contribution >= 4 is 17.7 Å². The number of hydrogen-bond donors (Lipinski definition) is 3. The number of aromatic hydroxyl groups is 2. The third kappa shape index (κ3) is 4.77. The lowest BCUT2D eigenvalue weighted by Crippen LogP contribution is -2.27. The molecular formula is C30H31N5O4S. The van der Waals surface area contributed by atoms with Gasteiger partial charge in [0.25, 0.3) is 5.91 Å². The molecule has 40 heavy (non-hydrogen) atoms. The van der Waals surface area contributed by atoms with Crippen molar-refractivity contribution in [3.63, 3.8) is 0 Å². The van der Waals surface area contributed by atoms with Gasteiger partial charge in [-0.25, -0.2) is 0 Å². The molecule has 0 saturated heterocycles. The first-order chi connectivity index (χ1) is 19.4. The van der Waals surface area contributed by atoms with Crippen LogP contribution in [0.4, 0.5) is 0 Å². The van der Waals surface area contributed by atoms with E-state index in [-0.39, 0.29) is 33.8 Å². The van der Waals surface area contributed by atoms with Gasteiger partial charge < -0.3 is 20.3 Å². The molecule has 1 heterocycles. The number of ether oxygens (including phenoxy) is 1. The highest BCUT2D eigenvalue weighted by Gasteiger charge is 2.44. The highest BCUT2D eigenvalue weighted by Crippen LogP contribution is 2.61. The number of para-hydroxylation sites is 1. The predicted molar refractivity (Wildman–Crippen MR) is 151 cm³/mol. The highest BCUT2D eigenvalue weighted by molar-refractivity contribution is 7.99. The van der Waals surface area contributed by atoms with Crippen molar-refractivity contribution in [2.45, 2.75) is 61.4 Å². The van der Waals surface area contributed by atoms with E-state index in [4.69, 9.17) is 4.74 Å². The van der Waals surface area contributed by atoms with Gasteiger partial charge in [-0.05, 0) is 97.3 Å².